The van der Waals surface area contributed by atoms with E-state index in [1.165, 1.54) is 0 Å². The topological polar surface area (TPSA) is 178 Å². The first-order valence-corrected chi connectivity index (χ1v) is 10.6. The Morgan fingerprint density at radius 2 is 1.87 bits per heavy atom. The minimum atomic E-state index is -2.82. The fourth-order valence-electron chi connectivity index (χ4n) is 5.21. The largest absolute Gasteiger partial charge is 0.511 e. The van der Waals surface area contributed by atoms with Crippen molar-refractivity contribution in [3.05, 3.63) is 49.0 Å². The number of Topliss-reactive ketones (excluding diaryl/α,β-unsaturated/α-hetero) is 2. The zero-order valence-electron chi connectivity index (χ0n) is 16.5. The van der Waals surface area contributed by atoms with E-state index in [0.717, 1.165) is 0 Å². The second-order valence-corrected chi connectivity index (χ2v) is 9.46. The van der Waals surface area contributed by atoms with Crippen molar-refractivity contribution in [2.24, 2.45) is 17.6 Å². The number of carbonyl (C=O) groups is 3. The molecule has 0 aliphatic heterocycles. The van der Waals surface area contributed by atoms with E-state index < -0.39 is 76.0 Å². The molecule has 0 fully saturated rings. The summed E-state index contributed by atoms with van der Waals surface area (Å²) in [5.41, 5.74) is 1.89. The number of ketones is 2. The maximum Gasteiger partial charge on any atom is 0.255 e. The van der Waals surface area contributed by atoms with Crippen LogP contribution in [0.15, 0.2) is 28.7 Å². The van der Waals surface area contributed by atoms with Crippen molar-refractivity contribution >= 4 is 40.1 Å². The molecule has 4 rings (SSSR count). The molecule has 1 aromatic carbocycles. The Balaban J connectivity index is 2.03. The summed E-state index contributed by atoms with van der Waals surface area (Å²) in [6, 6.07) is 1.69. The summed E-state index contributed by atoms with van der Waals surface area (Å²) < 4.78 is 0.675. The lowest BCUT2D eigenvalue weighted by atomic mass is 9.56. The molecule has 3 aliphatic rings. The highest BCUT2D eigenvalue weighted by molar-refractivity contribution is 14.1. The summed E-state index contributed by atoms with van der Waals surface area (Å²) in [4.78, 5) is 38.0. The van der Waals surface area contributed by atoms with Crippen molar-refractivity contribution in [2.75, 3.05) is 0 Å². The number of primary amides is 1. The van der Waals surface area contributed by atoms with Crippen LogP contribution in [0, 0.1) is 22.3 Å². The molecule has 0 spiro atoms. The lowest BCUT2D eigenvalue weighted by molar-refractivity contribution is -0.154. The average Bonchev–Trinajstić information content (AvgIpc) is 2.67. The van der Waals surface area contributed by atoms with Gasteiger partial charge in [-0.3, -0.25) is 14.4 Å². The third kappa shape index (κ3) is 2.58. The van der Waals surface area contributed by atoms with Crippen molar-refractivity contribution in [1.82, 2.24) is 0 Å². The smallest absolute Gasteiger partial charge is 0.255 e. The molecule has 31 heavy (non-hydrogen) atoms. The number of rotatable bonds is 1. The second kappa shape index (κ2) is 6.78. The van der Waals surface area contributed by atoms with Crippen LogP contribution in [0.2, 0.25) is 0 Å². The Labute approximate surface area is 190 Å². The number of hydrogen-bond acceptors (Lipinski definition) is 8. The van der Waals surface area contributed by atoms with Crippen LogP contribution in [0.4, 0.5) is 0 Å². The van der Waals surface area contributed by atoms with E-state index in [4.69, 9.17) is 5.73 Å². The van der Waals surface area contributed by atoms with Gasteiger partial charge in [0.15, 0.2) is 11.4 Å². The number of phenols is 1. The summed E-state index contributed by atoms with van der Waals surface area (Å²) in [5, 5.41) is 54.1. The summed E-state index contributed by atoms with van der Waals surface area (Å²) in [7, 11) is 0. The van der Waals surface area contributed by atoms with Crippen LogP contribution < -0.4 is 5.73 Å². The zero-order valence-corrected chi connectivity index (χ0v) is 18.7. The van der Waals surface area contributed by atoms with Gasteiger partial charge in [-0.2, -0.15) is 0 Å². The second-order valence-electron chi connectivity index (χ2n) is 8.30. The minimum Gasteiger partial charge on any atom is -0.511 e. The van der Waals surface area contributed by atoms with Crippen molar-refractivity contribution in [2.45, 2.75) is 37.9 Å². The van der Waals surface area contributed by atoms with Gasteiger partial charge in [-0.05, 0) is 52.6 Å². The average molecular weight is 541 g/mol. The van der Waals surface area contributed by atoms with Gasteiger partial charge in [0.1, 0.15) is 22.8 Å². The van der Waals surface area contributed by atoms with Gasteiger partial charge in [-0.15, -0.1) is 0 Å². The van der Waals surface area contributed by atoms with E-state index in [1.54, 1.807) is 19.9 Å². The number of hydrogen-bond donors (Lipinski definition) is 6. The number of phenolic OH excluding ortho intramolecular Hbond substituents is 1. The molecule has 1 amide bonds. The highest BCUT2D eigenvalue weighted by Crippen LogP contribution is 2.55. The fourth-order valence-corrected chi connectivity index (χ4v) is 6.44. The Morgan fingerprint density at radius 1 is 1.26 bits per heavy atom. The van der Waals surface area contributed by atoms with E-state index in [-0.39, 0.29) is 11.3 Å². The lowest BCUT2D eigenvalue weighted by Gasteiger charge is -2.50. The number of benzene rings is 1. The van der Waals surface area contributed by atoms with Crippen LogP contribution in [0.25, 0.3) is 0 Å². The van der Waals surface area contributed by atoms with Gasteiger partial charge < -0.3 is 31.3 Å². The molecule has 0 unspecified atom stereocenters. The van der Waals surface area contributed by atoms with Gasteiger partial charge in [0.05, 0.1) is 11.7 Å². The highest BCUT2D eigenvalue weighted by Gasteiger charge is 2.64. The maximum absolute atomic E-state index is 13.4. The molecule has 0 bridgehead atoms. The van der Waals surface area contributed by atoms with Gasteiger partial charge in [0.25, 0.3) is 5.91 Å². The number of aromatic hydroxyl groups is 1. The van der Waals surface area contributed by atoms with Crippen molar-refractivity contribution in [1.29, 1.82) is 0 Å². The minimum absolute atomic E-state index is 0.0688. The van der Waals surface area contributed by atoms with Crippen molar-refractivity contribution in [3.63, 3.8) is 0 Å². The number of aliphatic hydroxyl groups excluding tert-OH is 3. The monoisotopic (exact) mass is 541 g/mol. The summed E-state index contributed by atoms with van der Waals surface area (Å²) in [6.07, 6.45) is -2.03. The summed E-state index contributed by atoms with van der Waals surface area (Å²) >= 11 is 2.02. The van der Waals surface area contributed by atoms with Gasteiger partial charge in [0.2, 0.25) is 5.78 Å². The number of fused-ring (bicyclic) bond motifs is 3. The first-order chi connectivity index (χ1) is 14.3. The first-order valence-electron chi connectivity index (χ1n) is 9.53. The molecule has 0 heterocycles. The van der Waals surface area contributed by atoms with E-state index >= 15 is 0 Å². The summed E-state index contributed by atoms with van der Waals surface area (Å²) in [5.74, 6) is -8.51. The van der Waals surface area contributed by atoms with E-state index in [0.29, 0.717) is 14.7 Å². The van der Waals surface area contributed by atoms with Crippen LogP contribution in [0.1, 0.15) is 40.7 Å². The Hall–Kier alpha value is -2.44. The first kappa shape index (κ1) is 21.8. The molecule has 7 N–H and O–H groups in total. The van der Waals surface area contributed by atoms with Gasteiger partial charge >= 0.3 is 0 Å². The molecule has 9 nitrogen and oxygen atoms in total. The Morgan fingerprint density at radius 3 is 2.45 bits per heavy atom. The fraction of sp³-hybridized carbons (Fsp3) is 0.381. The number of allylic oxidation sites excluding steroid dienone is 1. The molecule has 0 radical (unpaired) electrons. The van der Waals surface area contributed by atoms with Gasteiger partial charge in [0, 0.05) is 27.4 Å². The molecule has 0 aromatic heterocycles. The van der Waals surface area contributed by atoms with Crippen molar-refractivity contribution in [3.8, 4) is 5.75 Å². The number of aliphatic hydroxyl groups is 4. The zero-order chi connectivity index (χ0) is 23.2. The predicted octanol–water partition coefficient (Wildman–Crippen LogP) is 1.03. The van der Waals surface area contributed by atoms with E-state index in [9.17, 15) is 39.9 Å². The molecule has 10 heteroatoms. The molecule has 164 valence electrons. The standard InChI is InChI=1S/C21H20INO8/c1-5-3-8(22)10-6(2)11-14(17(27)13(10)15(5)25)19(29)21(31)7(16(11)26)4-9(24)12(18(21)28)20(23)30/h3,6-7,11,16,24-26,29,31H,4H2,1-2H3,(H2,23,30)/t6-,7+,11+,16+,21+/m0/s1. The summed E-state index contributed by atoms with van der Waals surface area (Å²) in [6.45, 7) is 3.30. The molecule has 5 atom stereocenters. The molecule has 0 saturated carbocycles. The molecule has 0 saturated heterocycles. The lowest BCUT2D eigenvalue weighted by Crippen LogP contribution is -2.62. The molecule has 3 aliphatic carbocycles. The van der Waals surface area contributed by atoms with Gasteiger partial charge in [-0.25, -0.2) is 0 Å². The molecule has 1 aromatic rings. The number of halogens is 1. The quantitative estimate of drug-likeness (QED) is 0.225. The predicted molar refractivity (Wildman–Crippen MR) is 114 cm³/mol. The Bertz CT molecular complexity index is 1150. The third-order valence-electron chi connectivity index (χ3n) is 6.73. The normalized spacial score (nSPS) is 32.5. The van der Waals surface area contributed by atoms with Crippen LogP contribution in [-0.2, 0) is 9.59 Å². The maximum atomic E-state index is 13.4. The van der Waals surface area contributed by atoms with E-state index in [2.05, 4.69) is 0 Å². The van der Waals surface area contributed by atoms with E-state index in [1.807, 2.05) is 22.6 Å². The van der Waals surface area contributed by atoms with Crippen LogP contribution in [-0.4, -0.2) is 54.7 Å². The highest BCUT2D eigenvalue weighted by atomic mass is 127. The van der Waals surface area contributed by atoms with Crippen LogP contribution in [0.5, 0.6) is 5.75 Å². The third-order valence-corrected chi connectivity index (χ3v) is 7.63. The molecular weight excluding hydrogens is 521 g/mol. The van der Waals surface area contributed by atoms with Crippen LogP contribution in [0.3, 0.4) is 0 Å². The number of nitrogens with two attached hydrogens (primary N) is 1. The van der Waals surface area contributed by atoms with Crippen molar-refractivity contribution < 1.29 is 39.9 Å². The number of carbonyl (C=O) groups excluding carboxylic acids is 3. The SMILES string of the molecule is Cc1cc(I)c2c(c1O)C(=O)C1=C(O)[C@]3(O)C(=O)C(C(N)=O)=C(O)C[C@@H]3[C@@H](O)[C@@H]1[C@H]2C. The van der Waals surface area contributed by atoms with Gasteiger partial charge in [-0.1, -0.05) is 6.92 Å². The number of aryl methyl sites for hydroxylation is 1. The number of amides is 1. The Kier molecular flexibility index (Phi) is 4.76. The van der Waals surface area contributed by atoms with Crippen LogP contribution >= 0.6 is 22.6 Å². The molecular formula is C21H20INO8.